The standard InChI is InChI=1S/C19H18FN3O6/c20-14-5-1-2-6-15(14)21-19(27)22-16(24)11-29-18(26)12-8-17(25)23(9-12)10-13-4-3-7-28-13/h1-7,12H,8-11H2,(H2,21,22,24,27)/t12-/m0/s1. The van der Waals surface area contributed by atoms with Gasteiger partial charge in [0.25, 0.3) is 5.91 Å². The minimum Gasteiger partial charge on any atom is -0.467 e. The van der Waals surface area contributed by atoms with Crippen molar-refractivity contribution in [2.45, 2.75) is 13.0 Å². The van der Waals surface area contributed by atoms with Gasteiger partial charge >= 0.3 is 12.0 Å². The number of ether oxygens (including phenoxy) is 1. The van der Waals surface area contributed by atoms with E-state index < -0.39 is 36.2 Å². The van der Waals surface area contributed by atoms with Gasteiger partial charge in [-0.2, -0.15) is 0 Å². The molecule has 2 N–H and O–H groups in total. The number of likely N-dealkylation sites (tertiary alicyclic amines) is 1. The number of esters is 1. The number of benzene rings is 1. The first-order valence-corrected chi connectivity index (χ1v) is 8.74. The minimum atomic E-state index is -0.961. The molecule has 152 valence electrons. The van der Waals surface area contributed by atoms with Crippen LogP contribution in [0.3, 0.4) is 0 Å². The second-order valence-corrected chi connectivity index (χ2v) is 6.34. The molecule has 1 fully saturated rings. The highest BCUT2D eigenvalue weighted by atomic mass is 19.1. The van der Waals surface area contributed by atoms with Crippen LogP contribution in [0, 0.1) is 11.7 Å². The van der Waals surface area contributed by atoms with Crippen LogP contribution in [0.25, 0.3) is 0 Å². The maximum Gasteiger partial charge on any atom is 0.326 e. The molecule has 0 unspecified atom stereocenters. The van der Waals surface area contributed by atoms with Crippen LogP contribution in [0.4, 0.5) is 14.9 Å². The Hall–Kier alpha value is -3.69. The van der Waals surface area contributed by atoms with E-state index in [0.29, 0.717) is 5.76 Å². The van der Waals surface area contributed by atoms with Gasteiger partial charge in [0.2, 0.25) is 5.91 Å². The smallest absolute Gasteiger partial charge is 0.326 e. The summed E-state index contributed by atoms with van der Waals surface area (Å²) >= 11 is 0. The van der Waals surface area contributed by atoms with Crippen molar-refractivity contribution in [1.29, 1.82) is 0 Å². The Balaban J connectivity index is 1.42. The zero-order chi connectivity index (χ0) is 20.8. The van der Waals surface area contributed by atoms with Crippen molar-refractivity contribution in [3.63, 3.8) is 0 Å². The highest BCUT2D eigenvalue weighted by Crippen LogP contribution is 2.21. The van der Waals surface area contributed by atoms with Gasteiger partial charge in [0, 0.05) is 13.0 Å². The molecule has 29 heavy (non-hydrogen) atoms. The fraction of sp³-hybridized carbons (Fsp3) is 0.263. The maximum atomic E-state index is 13.5. The van der Waals surface area contributed by atoms with Crippen molar-refractivity contribution in [1.82, 2.24) is 10.2 Å². The molecular formula is C19H18FN3O6. The summed E-state index contributed by atoms with van der Waals surface area (Å²) in [5.74, 6) is -2.61. The number of carbonyl (C=O) groups is 4. The number of hydrogen-bond donors (Lipinski definition) is 2. The van der Waals surface area contributed by atoms with Crippen LogP contribution in [0.2, 0.25) is 0 Å². The summed E-state index contributed by atoms with van der Waals surface area (Å²) in [4.78, 5) is 49.0. The average molecular weight is 403 g/mol. The molecule has 0 aliphatic carbocycles. The molecule has 0 bridgehead atoms. The van der Waals surface area contributed by atoms with E-state index in [1.54, 1.807) is 12.1 Å². The van der Waals surface area contributed by atoms with E-state index in [9.17, 15) is 23.6 Å². The lowest BCUT2D eigenvalue weighted by Crippen LogP contribution is -2.38. The third-order valence-corrected chi connectivity index (χ3v) is 4.20. The Morgan fingerprint density at radius 2 is 2.00 bits per heavy atom. The topological polar surface area (TPSA) is 118 Å². The first kappa shape index (κ1) is 20.1. The van der Waals surface area contributed by atoms with Crippen LogP contribution in [-0.2, 0) is 25.7 Å². The quantitative estimate of drug-likeness (QED) is 0.709. The lowest BCUT2D eigenvalue weighted by atomic mass is 10.1. The van der Waals surface area contributed by atoms with Crippen LogP contribution in [-0.4, -0.2) is 41.9 Å². The molecule has 0 radical (unpaired) electrons. The Morgan fingerprint density at radius 3 is 2.72 bits per heavy atom. The van der Waals surface area contributed by atoms with Crippen LogP contribution in [0.1, 0.15) is 12.2 Å². The number of imide groups is 1. The zero-order valence-corrected chi connectivity index (χ0v) is 15.2. The van der Waals surface area contributed by atoms with Crippen molar-refractivity contribution in [2.24, 2.45) is 5.92 Å². The summed E-state index contributed by atoms with van der Waals surface area (Å²) in [5, 5.41) is 4.10. The van der Waals surface area contributed by atoms with Crippen molar-refractivity contribution in [2.75, 3.05) is 18.5 Å². The second kappa shape index (κ2) is 9.00. The summed E-state index contributed by atoms with van der Waals surface area (Å²) in [6.07, 6.45) is 1.46. The van der Waals surface area contributed by atoms with Gasteiger partial charge in [-0.1, -0.05) is 12.1 Å². The van der Waals surface area contributed by atoms with E-state index in [-0.39, 0.29) is 31.1 Å². The molecule has 3 rings (SSSR count). The largest absolute Gasteiger partial charge is 0.467 e. The van der Waals surface area contributed by atoms with Crippen molar-refractivity contribution in [3.05, 3.63) is 54.2 Å². The van der Waals surface area contributed by atoms with Gasteiger partial charge in [-0.3, -0.25) is 19.7 Å². The first-order chi connectivity index (χ1) is 13.9. The number of hydrogen-bond acceptors (Lipinski definition) is 6. The zero-order valence-electron chi connectivity index (χ0n) is 15.2. The van der Waals surface area contributed by atoms with Gasteiger partial charge in [-0.25, -0.2) is 9.18 Å². The number of urea groups is 1. The van der Waals surface area contributed by atoms with Gasteiger partial charge in [-0.05, 0) is 24.3 Å². The van der Waals surface area contributed by atoms with E-state index >= 15 is 0 Å². The third kappa shape index (κ3) is 5.41. The van der Waals surface area contributed by atoms with E-state index in [2.05, 4.69) is 5.32 Å². The third-order valence-electron chi connectivity index (χ3n) is 4.20. The Kier molecular flexibility index (Phi) is 6.22. The Bertz CT molecular complexity index is 914. The molecule has 2 aromatic rings. The highest BCUT2D eigenvalue weighted by molar-refractivity contribution is 6.02. The number of rotatable bonds is 6. The Morgan fingerprint density at radius 1 is 1.21 bits per heavy atom. The summed E-state index contributed by atoms with van der Waals surface area (Å²) in [7, 11) is 0. The van der Waals surface area contributed by atoms with E-state index in [1.165, 1.54) is 29.4 Å². The van der Waals surface area contributed by atoms with Crippen molar-refractivity contribution in [3.8, 4) is 0 Å². The number of carbonyl (C=O) groups excluding carboxylic acids is 4. The number of para-hydroxylation sites is 1. The number of halogens is 1. The summed E-state index contributed by atoms with van der Waals surface area (Å²) < 4.78 is 23.5. The molecule has 10 heteroatoms. The van der Waals surface area contributed by atoms with E-state index in [4.69, 9.17) is 9.15 Å². The van der Waals surface area contributed by atoms with Crippen molar-refractivity contribution < 1.29 is 32.7 Å². The summed E-state index contributed by atoms with van der Waals surface area (Å²) in [6, 6.07) is 7.89. The summed E-state index contributed by atoms with van der Waals surface area (Å²) in [6.45, 7) is -0.313. The van der Waals surface area contributed by atoms with Gasteiger partial charge < -0.3 is 19.4 Å². The average Bonchev–Trinajstić information content (AvgIpc) is 3.32. The number of nitrogens with one attached hydrogen (secondary N) is 2. The van der Waals surface area contributed by atoms with E-state index in [1.807, 2.05) is 5.32 Å². The first-order valence-electron chi connectivity index (χ1n) is 8.74. The number of amides is 4. The van der Waals surface area contributed by atoms with Gasteiger partial charge in [0.05, 0.1) is 24.4 Å². The fourth-order valence-electron chi connectivity index (χ4n) is 2.81. The van der Waals surface area contributed by atoms with Gasteiger partial charge in [0.15, 0.2) is 6.61 Å². The summed E-state index contributed by atoms with van der Waals surface area (Å²) in [5.41, 5.74) is -0.101. The molecule has 1 aliphatic heterocycles. The molecule has 0 spiro atoms. The van der Waals surface area contributed by atoms with Crippen LogP contribution >= 0.6 is 0 Å². The molecule has 1 aromatic carbocycles. The Labute approximate surface area is 164 Å². The number of nitrogens with zero attached hydrogens (tertiary/aromatic N) is 1. The molecule has 1 saturated heterocycles. The van der Waals surface area contributed by atoms with Crippen LogP contribution < -0.4 is 10.6 Å². The van der Waals surface area contributed by atoms with E-state index in [0.717, 1.165) is 6.07 Å². The van der Waals surface area contributed by atoms with Crippen LogP contribution in [0.5, 0.6) is 0 Å². The highest BCUT2D eigenvalue weighted by Gasteiger charge is 2.36. The molecule has 1 atom stereocenters. The number of anilines is 1. The molecule has 1 aliphatic rings. The minimum absolute atomic E-state index is 0.0328. The second-order valence-electron chi connectivity index (χ2n) is 6.34. The fourth-order valence-corrected chi connectivity index (χ4v) is 2.81. The molecule has 2 heterocycles. The van der Waals surface area contributed by atoms with Crippen LogP contribution in [0.15, 0.2) is 47.1 Å². The normalized spacial score (nSPS) is 15.8. The predicted molar refractivity (Wildman–Crippen MR) is 96.8 cm³/mol. The molecule has 4 amide bonds. The molecule has 0 saturated carbocycles. The molecule has 1 aromatic heterocycles. The van der Waals surface area contributed by atoms with Crippen molar-refractivity contribution >= 4 is 29.5 Å². The molecule has 9 nitrogen and oxygen atoms in total. The lowest BCUT2D eigenvalue weighted by molar-refractivity contribution is -0.152. The lowest BCUT2D eigenvalue weighted by Gasteiger charge is -2.14. The van der Waals surface area contributed by atoms with Gasteiger partial charge in [0.1, 0.15) is 11.6 Å². The predicted octanol–water partition coefficient (Wildman–Crippen LogP) is 1.66. The SMILES string of the molecule is O=C(COC(=O)[C@H]1CC(=O)N(Cc2ccco2)C1)NC(=O)Nc1ccccc1F. The van der Waals surface area contributed by atoms with Gasteiger partial charge in [-0.15, -0.1) is 0 Å². The number of furan rings is 1. The monoisotopic (exact) mass is 403 g/mol. The maximum absolute atomic E-state index is 13.5. The molecular weight excluding hydrogens is 385 g/mol.